The lowest BCUT2D eigenvalue weighted by Gasteiger charge is -2.10. The molecule has 2 rings (SSSR count). The van der Waals surface area contributed by atoms with Crippen LogP contribution in [0.15, 0.2) is 29.1 Å². The van der Waals surface area contributed by atoms with Gasteiger partial charge in [0.25, 0.3) is 5.56 Å². The zero-order valence-corrected chi connectivity index (χ0v) is 14.5. The topological polar surface area (TPSA) is 53.4 Å². The molecule has 0 spiro atoms. The van der Waals surface area contributed by atoms with Crippen LogP contribution in [0.3, 0.4) is 0 Å². The number of nitrogens with zero attached hydrogens (tertiary/aromatic N) is 2. The summed E-state index contributed by atoms with van der Waals surface area (Å²) in [7, 11) is 3.18. The molecule has 7 heteroatoms. The highest BCUT2D eigenvalue weighted by molar-refractivity contribution is 6.31. The lowest BCUT2D eigenvalue weighted by Crippen LogP contribution is -2.19. The Morgan fingerprint density at radius 3 is 2.70 bits per heavy atom. The second-order valence-corrected chi connectivity index (χ2v) is 5.82. The molecule has 0 unspecified atom stereocenters. The molecule has 0 bridgehead atoms. The number of hydrogen-bond donors (Lipinski definition) is 0. The number of hydrogen-bond acceptors (Lipinski definition) is 4. The number of aromatic nitrogens is 2. The summed E-state index contributed by atoms with van der Waals surface area (Å²) in [6.07, 6.45) is 2.53. The zero-order valence-electron chi connectivity index (χ0n) is 13.0. The van der Waals surface area contributed by atoms with Gasteiger partial charge in [0.1, 0.15) is 5.75 Å². The van der Waals surface area contributed by atoms with Gasteiger partial charge in [0, 0.05) is 12.1 Å². The molecule has 0 saturated heterocycles. The van der Waals surface area contributed by atoms with Gasteiger partial charge in [-0.25, -0.2) is 4.68 Å². The van der Waals surface area contributed by atoms with Crippen LogP contribution in [0.4, 0.5) is 0 Å². The van der Waals surface area contributed by atoms with Crippen LogP contribution in [-0.4, -0.2) is 23.5 Å². The maximum Gasteiger partial charge on any atom is 0.270 e. The number of rotatable bonds is 7. The van der Waals surface area contributed by atoms with Crippen LogP contribution in [0.2, 0.25) is 10.2 Å². The van der Waals surface area contributed by atoms with Gasteiger partial charge in [-0.05, 0) is 43.0 Å². The van der Waals surface area contributed by atoms with Crippen molar-refractivity contribution in [2.75, 3.05) is 13.7 Å². The van der Waals surface area contributed by atoms with E-state index >= 15 is 0 Å². The molecule has 1 aromatic carbocycles. The van der Waals surface area contributed by atoms with E-state index in [0.29, 0.717) is 17.4 Å². The Morgan fingerprint density at radius 1 is 1.17 bits per heavy atom. The summed E-state index contributed by atoms with van der Waals surface area (Å²) in [5, 5.41) is 4.74. The molecule has 1 heterocycles. The van der Waals surface area contributed by atoms with Gasteiger partial charge in [0.2, 0.25) is 0 Å². The fourth-order valence-electron chi connectivity index (χ4n) is 2.14. The van der Waals surface area contributed by atoms with Gasteiger partial charge in [-0.2, -0.15) is 5.10 Å². The predicted molar refractivity (Wildman–Crippen MR) is 90.9 cm³/mol. The molecule has 0 fully saturated rings. The van der Waals surface area contributed by atoms with E-state index in [9.17, 15) is 4.79 Å². The van der Waals surface area contributed by atoms with Crippen LogP contribution in [0.5, 0.6) is 11.5 Å². The molecule has 124 valence electrons. The molecule has 2 aromatic rings. The van der Waals surface area contributed by atoms with Gasteiger partial charge in [0.05, 0.1) is 19.8 Å². The smallest absolute Gasteiger partial charge is 0.270 e. The van der Waals surface area contributed by atoms with Crippen molar-refractivity contribution >= 4 is 23.2 Å². The first kappa shape index (κ1) is 17.6. The molecule has 0 aliphatic heterocycles. The van der Waals surface area contributed by atoms with Crippen LogP contribution < -0.4 is 15.0 Å². The minimum atomic E-state index is -0.256. The molecule has 23 heavy (non-hydrogen) atoms. The van der Waals surface area contributed by atoms with Crippen molar-refractivity contribution in [2.24, 2.45) is 7.05 Å². The maximum atomic E-state index is 11.5. The molecule has 5 nitrogen and oxygen atoms in total. The fraction of sp³-hybridized carbons (Fsp3) is 0.375. The Hall–Kier alpha value is -1.72. The van der Waals surface area contributed by atoms with E-state index in [0.717, 1.165) is 30.6 Å². The summed E-state index contributed by atoms with van der Waals surface area (Å²) in [5.74, 6) is 1.14. The minimum absolute atomic E-state index is 0.184. The molecule has 0 N–H and O–H groups in total. The van der Waals surface area contributed by atoms with Gasteiger partial charge in [0.15, 0.2) is 10.9 Å². The Morgan fingerprint density at radius 2 is 1.96 bits per heavy atom. The average Bonchev–Trinajstić information content (AvgIpc) is 2.52. The molecule has 0 saturated carbocycles. The molecule has 1 aromatic heterocycles. The second-order valence-electron chi connectivity index (χ2n) is 5.02. The average molecular weight is 357 g/mol. The van der Waals surface area contributed by atoms with E-state index in [4.69, 9.17) is 32.7 Å². The first-order chi connectivity index (χ1) is 11.0. The summed E-state index contributed by atoms with van der Waals surface area (Å²) in [6, 6.07) is 6.91. The van der Waals surface area contributed by atoms with Crippen molar-refractivity contribution in [1.82, 2.24) is 9.78 Å². The summed E-state index contributed by atoms with van der Waals surface area (Å²) in [5.41, 5.74) is 0.807. The number of benzene rings is 1. The quantitative estimate of drug-likeness (QED) is 0.712. The number of methoxy groups -OCH3 is 1. The van der Waals surface area contributed by atoms with Gasteiger partial charge < -0.3 is 9.47 Å². The van der Waals surface area contributed by atoms with E-state index < -0.39 is 0 Å². The second kappa shape index (κ2) is 8.22. The van der Waals surface area contributed by atoms with Crippen LogP contribution in [0, 0.1) is 0 Å². The first-order valence-corrected chi connectivity index (χ1v) is 7.96. The third kappa shape index (κ3) is 4.88. The standard InChI is InChI=1S/C16H18Cl2N2O3/c1-20-15(21)10-14(16(18)19-20)23-8-4-3-5-11-9-12(17)6-7-13(11)22-2/h6-7,9-10H,3-5,8H2,1-2H3. The molecule has 0 atom stereocenters. The largest absolute Gasteiger partial charge is 0.496 e. The highest BCUT2D eigenvalue weighted by Gasteiger charge is 2.07. The molecule has 0 aliphatic rings. The lowest BCUT2D eigenvalue weighted by molar-refractivity contribution is 0.303. The van der Waals surface area contributed by atoms with Gasteiger partial charge in [-0.15, -0.1) is 0 Å². The van der Waals surface area contributed by atoms with Crippen molar-refractivity contribution in [2.45, 2.75) is 19.3 Å². The van der Waals surface area contributed by atoms with Crippen molar-refractivity contribution in [3.63, 3.8) is 0 Å². The Balaban J connectivity index is 1.84. The first-order valence-electron chi connectivity index (χ1n) is 7.20. The number of unbranched alkanes of at least 4 members (excludes halogenated alkanes) is 1. The highest BCUT2D eigenvalue weighted by Crippen LogP contribution is 2.24. The van der Waals surface area contributed by atoms with E-state index in [2.05, 4.69) is 5.10 Å². The SMILES string of the molecule is COc1ccc(Cl)cc1CCCCOc1cc(=O)n(C)nc1Cl. The van der Waals surface area contributed by atoms with Crippen molar-refractivity contribution < 1.29 is 9.47 Å². The van der Waals surface area contributed by atoms with Gasteiger partial charge in [-0.1, -0.05) is 23.2 Å². The summed E-state index contributed by atoms with van der Waals surface area (Å²) in [6.45, 7) is 0.456. The minimum Gasteiger partial charge on any atom is -0.496 e. The number of ether oxygens (including phenoxy) is 2. The predicted octanol–water partition coefficient (Wildman–Crippen LogP) is 3.50. The summed E-state index contributed by atoms with van der Waals surface area (Å²) in [4.78, 5) is 11.5. The van der Waals surface area contributed by atoms with E-state index in [1.807, 2.05) is 12.1 Å². The van der Waals surface area contributed by atoms with Gasteiger partial charge >= 0.3 is 0 Å². The third-order valence-corrected chi connectivity index (χ3v) is 3.85. The van der Waals surface area contributed by atoms with Crippen LogP contribution in [-0.2, 0) is 13.5 Å². The highest BCUT2D eigenvalue weighted by atomic mass is 35.5. The van der Waals surface area contributed by atoms with E-state index in [-0.39, 0.29) is 10.7 Å². The van der Waals surface area contributed by atoms with Crippen LogP contribution in [0.25, 0.3) is 0 Å². The molecular formula is C16H18Cl2N2O3. The normalized spacial score (nSPS) is 10.6. The van der Waals surface area contributed by atoms with Gasteiger partial charge in [-0.3, -0.25) is 4.79 Å². The Bertz CT molecular complexity index is 732. The lowest BCUT2D eigenvalue weighted by atomic mass is 10.1. The molecule has 0 amide bonds. The molecule has 0 radical (unpaired) electrons. The number of aryl methyl sites for hydroxylation is 2. The monoisotopic (exact) mass is 356 g/mol. The van der Waals surface area contributed by atoms with Crippen molar-refractivity contribution in [3.05, 3.63) is 50.4 Å². The van der Waals surface area contributed by atoms with Crippen molar-refractivity contribution in [1.29, 1.82) is 0 Å². The Kier molecular flexibility index (Phi) is 6.30. The number of halogens is 2. The fourth-order valence-corrected chi connectivity index (χ4v) is 2.56. The molecule has 0 aliphatic carbocycles. The van der Waals surface area contributed by atoms with Crippen LogP contribution in [0.1, 0.15) is 18.4 Å². The van der Waals surface area contributed by atoms with Crippen LogP contribution >= 0.6 is 23.2 Å². The summed E-state index contributed by atoms with van der Waals surface area (Å²) < 4.78 is 12.0. The molecular weight excluding hydrogens is 339 g/mol. The van der Waals surface area contributed by atoms with Crippen molar-refractivity contribution in [3.8, 4) is 11.5 Å². The van der Waals surface area contributed by atoms with E-state index in [1.54, 1.807) is 13.2 Å². The Labute approximate surface area is 144 Å². The summed E-state index contributed by atoms with van der Waals surface area (Å²) >= 11 is 11.9. The zero-order chi connectivity index (χ0) is 16.8. The third-order valence-electron chi connectivity index (χ3n) is 3.36. The van der Waals surface area contributed by atoms with E-state index in [1.165, 1.54) is 17.8 Å². The maximum absolute atomic E-state index is 11.5.